The fourth-order valence-corrected chi connectivity index (χ4v) is 2.54. The molecule has 25 heavy (non-hydrogen) atoms. The van der Waals surface area contributed by atoms with Crippen molar-refractivity contribution in [2.75, 3.05) is 6.26 Å². The lowest BCUT2D eigenvalue weighted by molar-refractivity contribution is 0.104. The van der Waals surface area contributed by atoms with Crippen molar-refractivity contribution in [3.63, 3.8) is 0 Å². The number of hydrogen-bond acceptors (Lipinski definition) is 5. The monoisotopic (exact) mass is 348 g/mol. The number of ether oxygens (including phenoxy) is 1. The third kappa shape index (κ3) is 4.78. The molecule has 0 fully saturated rings. The van der Waals surface area contributed by atoms with Crippen LogP contribution in [0.2, 0.25) is 0 Å². The number of benzene rings is 2. The molecule has 0 amide bonds. The van der Waals surface area contributed by atoms with Crippen molar-refractivity contribution in [3.05, 3.63) is 84.3 Å². The van der Waals surface area contributed by atoms with E-state index in [2.05, 4.69) is 9.97 Å². The first-order valence-electron chi connectivity index (χ1n) is 7.65. The fourth-order valence-electron chi connectivity index (χ4n) is 2.13. The molecule has 0 aliphatic heterocycles. The predicted octanol–water partition coefficient (Wildman–Crippen LogP) is 4.89. The molecule has 124 valence electrons. The average molecular weight is 348 g/mol. The van der Waals surface area contributed by atoms with Gasteiger partial charge in [-0.15, -0.1) is 11.8 Å². The number of thioether (sulfide) groups is 1. The maximum Gasteiger partial charge on any atom is 0.237 e. The number of rotatable bonds is 6. The van der Waals surface area contributed by atoms with Crippen LogP contribution in [0, 0.1) is 0 Å². The summed E-state index contributed by atoms with van der Waals surface area (Å²) in [6.45, 7) is 0. The number of allylic oxidation sites excluding steroid dienone is 1. The van der Waals surface area contributed by atoms with Gasteiger partial charge in [-0.25, -0.2) is 4.98 Å². The third-order valence-corrected chi connectivity index (χ3v) is 4.19. The Labute approximate surface area is 150 Å². The van der Waals surface area contributed by atoms with Crippen LogP contribution in [0.15, 0.2) is 78.1 Å². The normalized spacial score (nSPS) is 10.8. The summed E-state index contributed by atoms with van der Waals surface area (Å²) in [5.74, 6) is 1.08. The molecule has 2 aromatic carbocycles. The minimum absolute atomic E-state index is 0.0208. The van der Waals surface area contributed by atoms with E-state index in [0.29, 0.717) is 17.2 Å². The first-order chi connectivity index (χ1) is 12.2. The van der Waals surface area contributed by atoms with Crippen LogP contribution >= 0.6 is 11.8 Å². The van der Waals surface area contributed by atoms with Gasteiger partial charge in [0.1, 0.15) is 5.75 Å². The quantitative estimate of drug-likeness (QED) is 0.361. The Morgan fingerprint density at radius 1 is 1.04 bits per heavy atom. The van der Waals surface area contributed by atoms with Crippen LogP contribution in [0.3, 0.4) is 0 Å². The molecule has 3 rings (SSSR count). The maximum atomic E-state index is 12.2. The van der Waals surface area contributed by atoms with E-state index in [-0.39, 0.29) is 5.78 Å². The van der Waals surface area contributed by atoms with Gasteiger partial charge in [-0.1, -0.05) is 18.2 Å². The van der Waals surface area contributed by atoms with Crippen LogP contribution in [0.4, 0.5) is 0 Å². The summed E-state index contributed by atoms with van der Waals surface area (Å²) in [5.41, 5.74) is 1.59. The van der Waals surface area contributed by atoms with Gasteiger partial charge in [0.2, 0.25) is 5.88 Å². The van der Waals surface area contributed by atoms with E-state index in [4.69, 9.17) is 4.74 Å². The highest BCUT2D eigenvalue weighted by molar-refractivity contribution is 7.98. The van der Waals surface area contributed by atoms with Gasteiger partial charge in [-0.2, -0.15) is 0 Å². The fraction of sp³-hybridized carbons (Fsp3) is 0.0500. The summed E-state index contributed by atoms with van der Waals surface area (Å²) in [6, 6.07) is 15.0. The van der Waals surface area contributed by atoms with Gasteiger partial charge in [0, 0.05) is 22.9 Å². The molecule has 0 radical (unpaired) electrons. The summed E-state index contributed by atoms with van der Waals surface area (Å²) in [6.07, 6.45) is 10.1. The third-order valence-electron chi connectivity index (χ3n) is 3.44. The maximum absolute atomic E-state index is 12.2. The van der Waals surface area contributed by atoms with E-state index in [1.807, 2.05) is 54.8 Å². The number of carbonyl (C=O) groups excluding carboxylic acids is 1. The summed E-state index contributed by atoms with van der Waals surface area (Å²) in [5, 5.41) is 0. The molecule has 1 heterocycles. The molecule has 3 aromatic rings. The van der Waals surface area contributed by atoms with Crippen molar-refractivity contribution in [1.82, 2.24) is 9.97 Å². The first-order valence-corrected chi connectivity index (χ1v) is 8.87. The van der Waals surface area contributed by atoms with Crippen molar-refractivity contribution in [3.8, 4) is 11.6 Å². The van der Waals surface area contributed by atoms with Crippen LogP contribution in [0.25, 0.3) is 6.08 Å². The van der Waals surface area contributed by atoms with E-state index in [0.717, 1.165) is 10.5 Å². The smallest absolute Gasteiger partial charge is 0.237 e. The molecule has 0 unspecified atom stereocenters. The zero-order valence-corrected chi connectivity index (χ0v) is 14.4. The molecule has 1 aromatic heterocycles. The van der Waals surface area contributed by atoms with Crippen LogP contribution < -0.4 is 4.74 Å². The number of nitrogens with zero attached hydrogens (tertiary/aromatic N) is 2. The Bertz CT molecular complexity index is 860. The average Bonchev–Trinajstić information content (AvgIpc) is 2.68. The summed E-state index contributed by atoms with van der Waals surface area (Å²) < 4.78 is 5.58. The largest absolute Gasteiger partial charge is 0.438 e. The highest BCUT2D eigenvalue weighted by atomic mass is 32.2. The highest BCUT2D eigenvalue weighted by Crippen LogP contribution is 2.19. The van der Waals surface area contributed by atoms with Gasteiger partial charge in [0.05, 0.1) is 6.20 Å². The van der Waals surface area contributed by atoms with E-state index in [1.54, 1.807) is 42.5 Å². The van der Waals surface area contributed by atoms with Crippen LogP contribution in [0.5, 0.6) is 11.6 Å². The molecule has 0 aliphatic carbocycles. The highest BCUT2D eigenvalue weighted by Gasteiger charge is 2.02. The van der Waals surface area contributed by atoms with Gasteiger partial charge < -0.3 is 4.74 Å². The Morgan fingerprint density at radius 2 is 1.80 bits per heavy atom. The molecule has 4 nitrogen and oxygen atoms in total. The lowest BCUT2D eigenvalue weighted by atomic mass is 10.1. The number of hydrogen-bond donors (Lipinski definition) is 0. The topological polar surface area (TPSA) is 52.1 Å². The summed E-state index contributed by atoms with van der Waals surface area (Å²) in [7, 11) is 0. The zero-order valence-electron chi connectivity index (χ0n) is 13.6. The SMILES string of the molecule is CSc1ccc(C(=O)/C=C/c2ccc(Oc3cnccn3)cc2)cc1. The van der Waals surface area contributed by atoms with Crippen LogP contribution in [-0.2, 0) is 0 Å². The Balaban J connectivity index is 1.64. The minimum atomic E-state index is -0.0208. The van der Waals surface area contributed by atoms with Crippen LogP contribution in [0.1, 0.15) is 15.9 Å². The second-order valence-corrected chi connectivity index (χ2v) is 6.02. The molecule has 0 aliphatic rings. The number of ketones is 1. The van der Waals surface area contributed by atoms with Crippen molar-refractivity contribution in [2.45, 2.75) is 4.90 Å². The Morgan fingerprint density at radius 3 is 2.44 bits per heavy atom. The van der Waals surface area contributed by atoms with Gasteiger partial charge in [-0.05, 0) is 54.3 Å². The Kier molecular flexibility index (Phi) is 5.59. The van der Waals surface area contributed by atoms with E-state index < -0.39 is 0 Å². The lowest BCUT2D eigenvalue weighted by Gasteiger charge is -2.03. The standard InChI is InChI=1S/C20H16N2O2S/c1-25-18-9-5-16(6-10-18)19(23)11-4-15-2-7-17(8-3-15)24-20-14-21-12-13-22-20/h2-14H,1H3/b11-4+. The molecule has 0 atom stereocenters. The molecule has 0 saturated heterocycles. The molecule has 0 spiro atoms. The second-order valence-electron chi connectivity index (χ2n) is 5.14. The lowest BCUT2D eigenvalue weighted by Crippen LogP contribution is -1.93. The molecule has 0 saturated carbocycles. The molecule has 0 N–H and O–H groups in total. The van der Waals surface area contributed by atoms with Crippen molar-refractivity contribution in [2.24, 2.45) is 0 Å². The Hall–Kier alpha value is -2.92. The van der Waals surface area contributed by atoms with Crippen molar-refractivity contribution >= 4 is 23.6 Å². The van der Waals surface area contributed by atoms with Gasteiger partial charge in [0.25, 0.3) is 0 Å². The van der Waals surface area contributed by atoms with Crippen molar-refractivity contribution < 1.29 is 9.53 Å². The first kappa shape index (κ1) is 16.9. The van der Waals surface area contributed by atoms with Gasteiger partial charge in [0.15, 0.2) is 5.78 Å². The summed E-state index contributed by atoms with van der Waals surface area (Å²) >= 11 is 1.65. The van der Waals surface area contributed by atoms with E-state index in [1.165, 1.54) is 0 Å². The van der Waals surface area contributed by atoms with Gasteiger partial charge in [-0.3, -0.25) is 9.78 Å². The second kappa shape index (κ2) is 8.26. The van der Waals surface area contributed by atoms with Crippen LogP contribution in [-0.4, -0.2) is 22.0 Å². The van der Waals surface area contributed by atoms with E-state index in [9.17, 15) is 4.79 Å². The molecule has 5 heteroatoms. The van der Waals surface area contributed by atoms with Gasteiger partial charge >= 0.3 is 0 Å². The number of aromatic nitrogens is 2. The number of carbonyl (C=O) groups is 1. The molecular weight excluding hydrogens is 332 g/mol. The zero-order chi connectivity index (χ0) is 17.5. The van der Waals surface area contributed by atoms with Crippen molar-refractivity contribution in [1.29, 1.82) is 0 Å². The molecule has 0 bridgehead atoms. The van der Waals surface area contributed by atoms with E-state index >= 15 is 0 Å². The summed E-state index contributed by atoms with van der Waals surface area (Å²) in [4.78, 5) is 21.3. The predicted molar refractivity (Wildman–Crippen MR) is 100 cm³/mol. The molecular formula is C20H16N2O2S. The minimum Gasteiger partial charge on any atom is -0.438 e.